The Labute approximate surface area is 175 Å². The lowest BCUT2D eigenvalue weighted by molar-refractivity contribution is 0.0526. The van der Waals surface area contributed by atoms with Crippen LogP contribution >= 0.6 is 0 Å². The maximum absolute atomic E-state index is 12.3. The van der Waals surface area contributed by atoms with Crippen LogP contribution in [0.2, 0.25) is 0 Å². The van der Waals surface area contributed by atoms with Gasteiger partial charge in [-0.3, -0.25) is 4.98 Å². The predicted molar refractivity (Wildman–Crippen MR) is 115 cm³/mol. The van der Waals surface area contributed by atoms with Gasteiger partial charge in [0.15, 0.2) is 0 Å². The number of fused-ring (bicyclic) bond motifs is 1. The van der Waals surface area contributed by atoms with E-state index in [4.69, 9.17) is 9.72 Å². The molecule has 0 atom stereocenters. The molecule has 0 spiro atoms. The molecule has 0 amide bonds. The van der Waals surface area contributed by atoms with Gasteiger partial charge in [0.2, 0.25) is 5.95 Å². The van der Waals surface area contributed by atoms with E-state index in [9.17, 15) is 9.90 Å². The van der Waals surface area contributed by atoms with Gasteiger partial charge in [0.25, 0.3) is 0 Å². The molecule has 0 radical (unpaired) electrons. The number of aromatic nitrogens is 3. The van der Waals surface area contributed by atoms with Crippen molar-refractivity contribution in [1.82, 2.24) is 19.9 Å². The second-order valence-corrected chi connectivity index (χ2v) is 7.53. The number of hydrogen-bond acceptors (Lipinski definition) is 7. The number of esters is 1. The molecule has 3 aromatic rings. The van der Waals surface area contributed by atoms with Crippen LogP contribution in [-0.2, 0) is 11.3 Å². The zero-order chi connectivity index (χ0) is 21.1. The summed E-state index contributed by atoms with van der Waals surface area (Å²) in [5.74, 6) is 0.481. The second kappa shape index (κ2) is 8.71. The fourth-order valence-electron chi connectivity index (χ4n) is 3.75. The first-order valence-electron chi connectivity index (χ1n) is 10.4. The molecule has 30 heavy (non-hydrogen) atoms. The third-order valence-corrected chi connectivity index (χ3v) is 5.33. The predicted octanol–water partition coefficient (Wildman–Crippen LogP) is 2.83. The zero-order valence-corrected chi connectivity index (χ0v) is 17.3. The Balaban J connectivity index is 1.77. The van der Waals surface area contributed by atoms with Crippen LogP contribution in [0, 0.1) is 6.92 Å². The van der Waals surface area contributed by atoms with Gasteiger partial charge in [0, 0.05) is 11.7 Å². The quantitative estimate of drug-likeness (QED) is 0.538. The summed E-state index contributed by atoms with van der Waals surface area (Å²) < 4.78 is 7.13. The fraction of sp³-hybridized carbons (Fsp3) is 0.409. The van der Waals surface area contributed by atoms with Gasteiger partial charge in [0.1, 0.15) is 11.4 Å². The van der Waals surface area contributed by atoms with E-state index >= 15 is 0 Å². The highest BCUT2D eigenvalue weighted by Crippen LogP contribution is 2.26. The number of pyridine rings is 1. The third-order valence-electron chi connectivity index (χ3n) is 5.33. The molecule has 158 valence electrons. The first-order valence-corrected chi connectivity index (χ1v) is 10.4. The van der Waals surface area contributed by atoms with Gasteiger partial charge in [-0.25, -0.2) is 9.78 Å². The summed E-state index contributed by atoms with van der Waals surface area (Å²) in [4.78, 5) is 21.5. The SMILES string of the molecule is CCOC(=O)c1ccc2nc(NC3CCNCC3)n(Cc3nc(C)ccc3O)c2c1. The molecule has 1 aromatic carbocycles. The van der Waals surface area contributed by atoms with Crippen LogP contribution in [0.4, 0.5) is 5.95 Å². The van der Waals surface area contributed by atoms with Gasteiger partial charge in [-0.15, -0.1) is 0 Å². The van der Waals surface area contributed by atoms with Crippen molar-refractivity contribution >= 4 is 23.0 Å². The first-order chi connectivity index (χ1) is 14.5. The average molecular weight is 409 g/mol. The van der Waals surface area contributed by atoms with Gasteiger partial charge in [-0.2, -0.15) is 0 Å². The summed E-state index contributed by atoms with van der Waals surface area (Å²) in [5.41, 5.74) is 3.42. The van der Waals surface area contributed by atoms with Crippen LogP contribution in [0.3, 0.4) is 0 Å². The molecule has 0 bridgehead atoms. The third kappa shape index (κ3) is 4.23. The monoisotopic (exact) mass is 409 g/mol. The number of rotatable bonds is 6. The Hall–Kier alpha value is -3.13. The van der Waals surface area contributed by atoms with E-state index < -0.39 is 0 Å². The minimum atomic E-state index is -0.364. The zero-order valence-electron chi connectivity index (χ0n) is 17.3. The number of ether oxygens (including phenoxy) is 1. The summed E-state index contributed by atoms with van der Waals surface area (Å²) in [6.07, 6.45) is 2.01. The van der Waals surface area contributed by atoms with Crippen molar-refractivity contribution in [3.8, 4) is 5.75 Å². The number of imidazole rings is 1. The van der Waals surface area contributed by atoms with E-state index in [1.807, 2.05) is 17.6 Å². The minimum absolute atomic E-state index is 0.136. The van der Waals surface area contributed by atoms with Crippen molar-refractivity contribution in [2.24, 2.45) is 0 Å². The Kier molecular flexibility index (Phi) is 5.85. The Morgan fingerprint density at radius 3 is 2.83 bits per heavy atom. The van der Waals surface area contributed by atoms with Gasteiger partial charge < -0.3 is 25.0 Å². The van der Waals surface area contributed by atoms with Gasteiger partial charge in [-0.1, -0.05) is 0 Å². The van der Waals surface area contributed by atoms with E-state index in [1.54, 1.807) is 31.2 Å². The smallest absolute Gasteiger partial charge is 0.338 e. The van der Waals surface area contributed by atoms with Crippen LogP contribution in [0.1, 0.15) is 41.5 Å². The molecule has 1 saturated heterocycles. The lowest BCUT2D eigenvalue weighted by Gasteiger charge is -2.24. The van der Waals surface area contributed by atoms with Crippen molar-refractivity contribution in [2.45, 2.75) is 39.3 Å². The van der Waals surface area contributed by atoms with Crippen molar-refractivity contribution < 1.29 is 14.6 Å². The van der Waals surface area contributed by atoms with Crippen molar-refractivity contribution in [2.75, 3.05) is 25.0 Å². The Morgan fingerprint density at radius 2 is 2.07 bits per heavy atom. The summed E-state index contributed by atoms with van der Waals surface area (Å²) in [6, 6.07) is 9.09. The van der Waals surface area contributed by atoms with E-state index in [1.165, 1.54) is 0 Å². The van der Waals surface area contributed by atoms with Crippen molar-refractivity contribution in [3.63, 3.8) is 0 Å². The molecule has 1 aliphatic heterocycles. The van der Waals surface area contributed by atoms with Crippen molar-refractivity contribution in [1.29, 1.82) is 0 Å². The molecule has 0 unspecified atom stereocenters. The van der Waals surface area contributed by atoms with Gasteiger partial charge in [-0.05, 0) is 70.1 Å². The largest absolute Gasteiger partial charge is 0.506 e. The minimum Gasteiger partial charge on any atom is -0.506 e. The van der Waals surface area contributed by atoms with Crippen LogP contribution in [-0.4, -0.2) is 51.3 Å². The van der Waals surface area contributed by atoms with Crippen LogP contribution in [0.25, 0.3) is 11.0 Å². The standard InChI is InChI=1S/C22H27N5O3/c1-3-30-21(29)15-5-6-17-19(12-15)27(13-18-20(28)7-4-14(2)24-18)22(26-17)25-16-8-10-23-11-9-16/h4-7,12,16,23,28H,3,8-11,13H2,1-2H3,(H,25,26). The number of benzene rings is 1. The summed E-state index contributed by atoms with van der Waals surface area (Å²) in [5, 5.41) is 17.3. The molecular weight excluding hydrogens is 382 g/mol. The molecule has 0 aliphatic carbocycles. The lowest BCUT2D eigenvalue weighted by atomic mass is 10.1. The maximum Gasteiger partial charge on any atom is 0.338 e. The second-order valence-electron chi connectivity index (χ2n) is 7.53. The van der Waals surface area contributed by atoms with E-state index in [-0.39, 0.29) is 11.7 Å². The number of anilines is 1. The summed E-state index contributed by atoms with van der Waals surface area (Å²) in [7, 11) is 0. The number of piperidine rings is 1. The molecule has 3 heterocycles. The van der Waals surface area contributed by atoms with Crippen LogP contribution < -0.4 is 10.6 Å². The topological polar surface area (TPSA) is 101 Å². The number of carbonyl (C=O) groups is 1. The number of nitrogens with zero attached hydrogens (tertiary/aromatic N) is 3. The highest BCUT2D eigenvalue weighted by atomic mass is 16.5. The molecule has 2 aromatic heterocycles. The van der Waals surface area contributed by atoms with Gasteiger partial charge in [0.05, 0.1) is 29.7 Å². The molecule has 8 nitrogen and oxygen atoms in total. The highest BCUT2D eigenvalue weighted by molar-refractivity contribution is 5.94. The molecule has 1 aliphatic rings. The first kappa shape index (κ1) is 20.2. The number of aromatic hydroxyl groups is 1. The molecule has 1 fully saturated rings. The molecule has 8 heteroatoms. The van der Waals surface area contributed by atoms with E-state index in [0.29, 0.717) is 36.4 Å². The van der Waals surface area contributed by atoms with Crippen LogP contribution in [0.5, 0.6) is 5.75 Å². The average Bonchev–Trinajstić information content (AvgIpc) is 3.08. The summed E-state index contributed by atoms with van der Waals surface area (Å²) in [6.45, 7) is 6.26. The molecular formula is C22H27N5O3. The number of nitrogens with one attached hydrogen (secondary N) is 2. The van der Waals surface area contributed by atoms with Crippen molar-refractivity contribution in [3.05, 3.63) is 47.3 Å². The number of hydrogen-bond donors (Lipinski definition) is 3. The maximum atomic E-state index is 12.3. The number of aryl methyl sites for hydroxylation is 1. The fourth-order valence-corrected chi connectivity index (χ4v) is 3.75. The summed E-state index contributed by atoms with van der Waals surface area (Å²) >= 11 is 0. The van der Waals surface area contributed by atoms with E-state index in [2.05, 4.69) is 15.6 Å². The lowest BCUT2D eigenvalue weighted by Crippen LogP contribution is -2.36. The van der Waals surface area contributed by atoms with E-state index in [0.717, 1.165) is 42.7 Å². The number of carbonyl (C=O) groups excluding carboxylic acids is 1. The normalized spacial score (nSPS) is 14.7. The van der Waals surface area contributed by atoms with Crippen LogP contribution in [0.15, 0.2) is 30.3 Å². The molecule has 3 N–H and O–H groups in total. The highest BCUT2D eigenvalue weighted by Gasteiger charge is 2.20. The Morgan fingerprint density at radius 1 is 1.27 bits per heavy atom. The Bertz CT molecular complexity index is 1060. The van der Waals surface area contributed by atoms with Gasteiger partial charge >= 0.3 is 5.97 Å². The molecule has 4 rings (SSSR count). The molecule has 0 saturated carbocycles.